The second-order valence-corrected chi connectivity index (χ2v) is 9.26. The molecule has 5 nitrogen and oxygen atoms in total. The smallest absolute Gasteiger partial charge is 0.335 e. The van der Waals surface area contributed by atoms with Crippen LogP contribution in [0.25, 0.3) is 0 Å². The van der Waals surface area contributed by atoms with Crippen LogP contribution in [-0.2, 0) is 20.8 Å². The monoisotopic (exact) mass is 417 g/mol. The number of aryl methyl sites for hydroxylation is 1. The number of esters is 1. The highest BCUT2D eigenvalue weighted by Crippen LogP contribution is 2.56. The Bertz CT molecular complexity index is 1020. The first kappa shape index (κ1) is 20.0. The van der Waals surface area contributed by atoms with Crippen LogP contribution >= 0.6 is 0 Å². The quantitative estimate of drug-likeness (QED) is 0.421. The number of carbonyl (C=O) groups excluding carboxylic acids is 3. The Hall–Kier alpha value is -2.95. The average molecular weight is 418 g/mol. The Morgan fingerprint density at radius 3 is 2.26 bits per heavy atom. The number of nitrogens with zero attached hydrogens (tertiary/aromatic N) is 1. The number of fused-ring (bicyclic) bond motifs is 5. The molecule has 0 spiro atoms. The first-order valence-electron chi connectivity index (χ1n) is 11.1. The summed E-state index contributed by atoms with van der Waals surface area (Å²) in [7, 11) is 0. The summed E-state index contributed by atoms with van der Waals surface area (Å²) >= 11 is 0. The molecule has 0 aromatic heterocycles. The van der Waals surface area contributed by atoms with Gasteiger partial charge in [-0.2, -0.15) is 0 Å². The first-order valence-corrected chi connectivity index (χ1v) is 11.1. The number of imide groups is 1. The predicted octanol–water partition coefficient (Wildman–Crippen LogP) is 3.85. The van der Waals surface area contributed by atoms with E-state index in [-0.39, 0.29) is 41.9 Å². The van der Waals surface area contributed by atoms with Gasteiger partial charge in [0.25, 0.3) is 0 Å². The van der Waals surface area contributed by atoms with Gasteiger partial charge in [-0.1, -0.05) is 42.5 Å². The molecule has 2 aromatic carbocycles. The lowest BCUT2D eigenvalue weighted by atomic mass is 9.81. The van der Waals surface area contributed by atoms with E-state index in [2.05, 4.69) is 0 Å². The van der Waals surface area contributed by atoms with Gasteiger partial charge in [0.15, 0.2) is 0 Å². The summed E-state index contributed by atoms with van der Waals surface area (Å²) in [5.41, 5.74) is 2.79. The Balaban J connectivity index is 1.47. The highest BCUT2D eigenvalue weighted by Gasteiger charge is 2.62. The van der Waals surface area contributed by atoms with Crippen LogP contribution in [0.5, 0.6) is 5.75 Å². The zero-order valence-corrected chi connectivity index (χ0v) is 17.9. The molecule has 160 valence electrons. The van der Waals surface area contributed by atoms with Gasteiger partial charge in [-0.25, -0.2) is 4.79 Å². The van der Waals surface area contributed by atoms with Gasteiger partial charge >= 0.3 is 5.97 Å². The van der Waals surface area contributed by atoms with Crippen molar-refractivity contribution < 1.29 is 19.1 Å². The summed E-state index contributed by atoms with van der Waals surface area (Å²) < 4.78 is 5.78. The molecule has 1 aliphatic heterocycles. The normalized spacial score (nSPS) is 27.5. The van der Waals surface area contributed by atoms with Gasteiger partial charge < -0.3 is 4.74 Å². The van der Waals surface area contributed by atoms with Crippen LogP contribution in [-0.4, -0.2) is 28.7 Å². The summed E-state index contributed by atoms with van der Waals surface area (Å²) in [4.78, 5) is 41.4. The van der Waals surface area contributed by atoms with E-state index < -0.39 is 12.0 Å². The lowest BCUT2D eigenvalue weighted by molar-refractivity contribution is -0.154. The number of hydrogen-bond acceptors (Lipinski definition) is 4. The molecule has 2 saturated carbocycles. The molecule has 0 radical (unpaired) electrons. The zero-order chi connectivity index (χ0) is 21.7. The molecule has 5 atom stereocenters. The minimum absolute atomic E-state index is 0.180. The Morgan fingerprint density at radius 1 is 0.968 bits per heavy atom. The van der Waals surface area contributed by atoms with Crippen molar-refractivity contribution in [1.82, 2.24) is 4.90 Å². The van der Waals surface area contributed by atoms with Crippen LogP contribution in [0.4, 0.5) is 0 Å². The fourth-order valence-corrected chi connectivity index (χ4v) is 5.87. The van der Waals surface area contributed by atoms with Crippen molar-refractivity contribution in [3.63, 3.8) is 0 Å². The molecule has 2 amide bonds. The summed E-state index contributed by atoms with van der Waals surface area (Å²) in [6.07, 6.45) is 3.25. The lowest BCUT2D eigenvalue weighted by Crippen LogP contribution is -2.49. The Morgan fingerprint density at radius 2 is 1.61 bits per heavy atom. The number of ether oxygens (including phenoxy) is 1. The molecule has 5 heteroatoms. The van der Waals surface area contributed by atoms with Gasteiger partial charge in [0.2, 0.25) is 11.8 Å². The van der Waals surface area contributed by atoms with Crippen molar-refractivity contribution in [3.05, 3.63) is 65.2 Å². The summed E-state index contributed by atoms with van der Waals surface area (Å²) in [6.45, 7) is 3.86. The third-order valence-corrected chi connectivity index (χ3v) is 7.58. The van der Waals surface area contributed by atoms with Crippen molar-refractivity contribution in [2.24, 2.45) is 23.7 Å². The third kappa shape index (κ3) is 3.27. The van der Waals surface area contributed by atoms with Gasteiger partial charge in [-0.05, 0) is 67.7 Å². The average Bonchev–Trinajstić information content (AvgIpc) is 3.45. The topological polar surface area (TPSA) is 63.7 Å². The second-order valence-electron chi connectivity index (χ2n) is 9.26. The number of benzene rings is 2. The fourth-order valence-electron chi connectivity index (χ4n) is 5.87. The molecular formula is C26H27NO4. The van der Waals surface area contributed by atoms with Gasteiger partial charge in [-0.3, -0.25) is 14.5 Å². The molecule has 0 unspecified atom stereocenters. The van der Waals surface area contributed by atoms with E-state index in [0.29, 0.717) is 5.75 Å². The van der Waals surface area contributed by atoms with E-state index in [1.165, 1.54) is 4.90 Å². The zero-order valence-electron chi connectivity index (χ0n) is 17.9. The molecule has 3 aliphatic rings. The van der Waals surface area contributed by atoms with Crippen LogP contribution in [0, 0.1) is 37.5 Å². The van der Waals surface area contributed by atoms with Crippen LogP contribution in [0.2, 0.25) is 0 Å². The molecule has 0 N–H and O–H groups in total. The molecule has 2 bridgehead atoms. The maximum atomic E-state index is 13.4. The maximum Gasteiger partial charge on any atom is 0.335 e. The van der Waals surface area contributed by atoms with Crippen LogP contribution in [0.15, 0.2) is 48.5 Å². The lowest BCUT2D eigenvalue weighted by Gasteiger charge is -2.26. The summed E-state index contributed by atoms with van der Waals surface area (Å²) in [5.74, 6) is -0.375. The number of carbonyl (C=O) groups is 3. The summed E-state index contributed by atoms with van der Waals surface area (Å²) in [6, 6.07) is 14.1. The first-order chi connectivity index (χ1) is 15.0. The molecule has 31 heavy (non-hydrogen) atoms. The minimum atomic E-state index is -0.952. The van der Waals surface area contributed by atoms with Crippen molar-refractivity contribution >= 4 is 17.8 Å². The fraction of sp³-hybridized carbons (Fsp3) is 0.423. The largest absolute Gasteiger partial charge is 0.425 e. The Kier molecular flexibility index (Phi) is 4.92. The Labute approximate surface area is 182 Å². The van der Waals surface area contributed by atoms with Crippen molar-refractivity contribution in [2.75, 3.05) is 0 Å². The van der Waals surface area contributed by atoms with E-state index in [1.807, 2.05) is 56.3 Å². The standard InChI is InChI=1S/C26H27NO4/c1-15-7-6-10-21(16(15)2)31-26(30)20(13-17-8-4-3-5-9-17)27-24(28)22-18-11-12-19(14-18)23(22)25(27)29/h3-10,18-20,22-23H,11-14H2,1-2H3/t18-,19+,20-,22+,23+/m1/s1. The van der Waals surface area contributed by atoms with E-state index >= 15 is 0 Å². The van der Waals surface area contributed by atoms with E-state index in [4.69, 9.17) is 4.74 Å². The molecule has 3 fully saturated rings. The molecule has 1 saturated heterocycles. The minimum Gasteiger partial charge on any atom is -0.425 e. The predicted molar refractivity (Wildman–Crippen MR) is 115 cm³/mol. The number of amides is 2. The van der Waals surface area contributed by atoms with Crippen molar-refractivity contribution in [2.45, 2.75) is 45.6 Å². The van der Waals surface area contributed by atoms with Crippen LogP contribution in [0.3, 0.4) is 0 Å². The van der Waals surface area contributed by atoms with E-state index in [0.717, 1.165) is 36.0 Å². The second kappa shape index (κ2) is 7.63. The van der Waals surface area contributed by atoms with Crippen molar-refractivity contribution in [1.29, 1.82) is 0 Å². The SMILES string of the molecule is Cc1cccc(OC(=O)[C@@H](Cc2ccccc2)N2C(=O)[C@H]3[C@@H]4CC[C@@H](C4)[C@@H]3C2=O)c1C. The van der Waals surface area contributed by atoms with Gasteiger partial charge in [0.05, 0.1) is 11.8 Å². The highest BCUT2D eigenvalue weighted by atomic mass is 16.5. The van der Waals surface area contributed by atoms with Crippen molar-refractivity contribution in [3.8, 4) is 5.75 Å². The van der Waals surface area contributed by atoms with Gasteiger partial charge in [-0.15, -0.1) is 0 Å². The van der Waals surface area contributed by atoms with Gasteiger partial charge in [0.1, 0.15) is 11.8 Å². The molecule has 2 aliphatic carbocycles. The highest BCUT2D eigenvalue weighted by molar-refractivity contribution is 6.08. The molecule has 1 heterocycles. The molecule has 2 aromatic rings. The third-order valence-electron chi connectivity index (χ3n) is 7.58. The molecular weight excluding hydrogens is 390 g/mol. The van der Waals surface area contributed by atoms with E-state index in [9.17, 15) is 14.4 Å². The number of hydrogen-bond donors (Lipinski definition) is 0. The summed E-state index contributed by atoms with van der Waals surface area (Å²) in [5, 5.41) is 0. The van der Waals surface area contributed by atoms with Gasteiger partial charge in [0, 0.05) is 6.42 Å². The van der Waals surface area contributed by atoms with Crippen LogP contribution in [0.1, 0.15) is 36.0 Å². The van der Waals surface area contributed by atoms with Crippen LogP contribution < -0.4 is 4.74 Å². The van der Waals surface area contributed by atoms with E-state index in [1.54, 1.807) is 6.07 Å². The number of rotatable bonds is 5. The molecule has 5 rings (SSSR count). The number of likely N-dealkylation sites (tertiary alicyclic amines) is 1. The maximum absolute atomic E-state index is 13.4.